The highest BCUT2D eigenvalue weighted by molar-refractivity contribution is 6.43. The zero-order valence-electron chi connectivity index (χ0n) is 21.4. The van der Waals surface area contributed by atoms with Gasteiger partial charge in [0.25, 0.3) is 17.7 Å². The van der Waals surface area contributed by atoms with Gasteiger partial charge in [-0.3, -0.25) is 19.7 Å². The Hall–Kier alpha value is -4.05. The number of ether oxygens (including phenoxy) is 2. The van der Waals surface area contributed by atoms with Gasteiger partial charge in [0.05, 0.1) is 27.9 Å². The molecule has 40 heavy (non-hydrogen) atoms. The lowest BCUT2D eigenvalue weighted by Crippen LogP contribution is -2.54. The summed E-state index contributed by atoms with van der Waals surface area (Å²) in [5, 5.41) is 5.32. The van der Waals surface area contributed by atoms with Crippen LogP contribution in [0.2, 0.25) is 15.1 Å². The van der Waals surface area contributed by atoms with Crippen molar-refractivity contribution in [1.82, 2.24) is 5.32 Å². The number of barbiturate groups is 1. The van der Waals surface area contributed by atoms with Gasteiger partial charge in [0.2, 0.25) is 0 Å². The van der Waals surface area contributed by atoms with Crippen molar-refractivity contribution < 1.29 is 28.7 Å². The van der Waals surface area contributed by atoms with Crippen LogP contribution in [-0.4, -0.2) is 37.5 Å². The van der Waals surface area contributed by atoms with Crippen LogP contribution in [-0.2, 0) is 14.4 Å². The molecule has 0 bridgehead atoms. The number of amides is 5. The van der Waals surface area contributed by atoms with E-state index in [4.69, 9.17) is 44.3 Å². The van der Waals surface area contributed by atoms with Crippen molar-refractivity contribution in [2.45, 2.75) is 13.8 Å². The number of imide groups is 2. The number of rotatable bonds is 7. The predicted octanol–water partition coefficient (Wildman–Crippen LogP) is 5.96. The summed E-state index contributed by atoms with van der Waals surface area (Å²) in [6.07, 6.45) is 1.25. The molecule has 3 aromatic carbocycles. The van der Waals surface area contributed by atoms with Gasteiger partial charge in [-0.25, -0.2) is 9.69 Å². The van der Waals surface area contributed by atoms with Crippen LogP contribution in [0.4, 0.5) is 16.2 Å². The van der Waals surface area contributed by atoms with Crippen LogP contribution in [0, 0.1) is 13.8 Å². The number of anilines is 2. The van der Waals surface area contributed by atoms with Crippen molar-refractivity contribution in [3.8, 4) is 11.5 Å². The van der Waals surface area contributed by atoms with E-state index in [1.807, 2.05) is 26.0 Å². The fourth-order valence-electron chi connectivity index (χ4n) is 3.92. The molecule has 1 aliphatic rings. The van der Waals surface area contributed by atoms with Crippen molar-refractivity contribution >= 4 is 76.0 Å². The Morgan fingerprint density at radius 2 is 1.73 bits per heavy atom. The third-order valence-electron chi connectivity index (χ3n) is 5.83. The predicted molar refractivity (Wildman–Crippen MR) is 154 cm³/mol. The second-order valence-electron chi connectivity index (χ2n) is 8.75. The monoisotopic (exact) mass is 601 g/mol. The minimum atomic E-state index is -0.941. The molecular weight excluding hydrogens is 581 g/mol. The van der Waals surface area contributed by atoms with Gasteiger partial charge in [-0.15, -0.1) is 0 Å². The highest BCUT2D eigenvalue weighted by Crippen LogP contribution is 2.37. The fourth-order valence-corrected chi connectivity index (χ4v) is 4.49. The molecule has 2 N–H and O–H groups in total. The van der Waals surface area contributed by atoms with E-state index in [-0.39, 0.29) is 44.4 Å². The van der Waals surface area contributed by atoms with E-state index in [2.05, 4.69) is 10.6 Å². The first-order valence-electron chi connectivity index (χ1n) is 11.7. The summed E-state index contributed by atoms with van der Waals surface area (Å²) in [5.74, 6) is -1.95. The van der Waals surface area contributed by atoms with Crippen molar-refractivity contribution in [3.05, 3.63) is 85.9 Å². The molecule has 206 valence electrons. The van der Waals surface area contributed by atoms with E-state index >= 15 is 0 Å². The molecule has 9 nitrogen and oxygen atoms in total. The lowest BCUT2D eigenvalue weighted by molar-refractivity contribution is -0.122. The molecule has 1 heterocycles. The van der Waals surface area contributed by atoms with E-state index in [1.54, 1.807) is 6.07 Å². The number of aryl methyl sites for hydroxylation is 2. The maximum absolute atomic E-state index is 13.2. The third kappa shape index (κ3) is 6.22. The number of hydrogen-bond donors (Lipinski definition) is 2. The molecule has 0 atom stereocenters. The van der Waals surface area contributed by atoms with Crippen LogP contribution < -0.4 is 25.0 Å². The van der Waals surface area contributed by atoms with Gasteiger partial charge in [-0.2, -0.15) is 0 Å². The number of carbonyl (C=O) groups excluding carboxylic acids is 4. The number of hydrogen-bond acceptors (Lipinski definition) is 6. The largest absolute Gasteiger partial charge is 0.493 e. The molecule has 1 aliphatic heterocycles. The van der Waals surface area contributed by atoms with Crippen molar-refractivity contribution in [3.63, 3.8) is 0 Å². The Bertz CT molecular complexity index is 1590. The minimum absolute atomic E-state index is 0.0617. The summed E-state index contributed by atoms with van der Waals surface area (Å²) in [4.78, 5) is 51.5. The average Bonchev–Trinajstić information content (AvgIpc) is 2.89. The molecule has 12 heteroatoms. The molecule has 0 aliphatic carbocycles. The van der Waals surface area contributed by atoms with E-state index in [1.165, 1.54) is 43.5 Å². The third-order valence-corrected chi connectivity index (χ3v) is 6.85. The smallest absolute Gasteiger partial charge is 0.335 e. The molecule has 3 aromatic rings. The average molecular weight is 603 g/mol. The Balaban J connectivity index is 1.56. The molecule has 5 amide bonds. The molecule has 0 spiro atoms. The fraction of sp³-hybridized carbons (Fsp3) is 0.143. The Labute approximate surface area is 244 Å². The standard InChI is InChI=1S/C28H22Cl3N3O6/c1-14-4-7-22(15(2)8-14)32-24(35)13-40-25-21(31)10-16(11-23(25)39-3)9-18-26(36)33-28(38)34(27(18)37)17-5-6-19(29)20(30)12-17/h4-12H,13H2,1-3H3,(H,32,35)(H,33,36,38)/b18-9-. The molecule has 0 saturated carbocycles. The minimum Gasteiger partial charge on any atom is -0.493 e. The molecule has 1 fully saturated rings. The number of halogens is 3. The summed E-state index contributed by atoms with van der Waals surface area (Å²) >= 11 is 18.4. The second kappa shape index (κ2) is 12.0. The zero-order chi connectivity index (χ0) is 29.1. The van der Waals surface area contributed by atoms with Crippen molar-refractivity contribution in [2.75, 3.05) is 23.9 Å². The maximum atomic E-state index is 13.2. The van der Waals surface area contributed by atoms with Gasteiger partial charge in [-0.1, -0.05) is 52.5 Å². The van der Waals surface area contributed by atoms with Gasteiger partial charge < -0.3 is 14.8 Å². The number of urea groups is 1. The Kier molecular flexibility index (Phi) is 8.68. The normalized spacial score (nSPS) is 14.3. The Morgan fingerprint density at radius 3 is 2.40 bits per heavy atom. The number of benzene rings is 3. The SMILES string of the molecule is COc1cc(/C=C2/C(=O)NC(=O)N(c3ccc(Cl)c(Cl)c3)C2=O)cc(Cl)c1OCC(=O)Nc1ccc(C)cc1C. The topological polar surface area (TPSA) is 114 Å². The van der Waals surface area contributed by atoms with Gasteiger partial charge in [0, 0.05) is 5.69 Å². The van der Waals surface area contributed by atoms with Crippen LogP contribution in [0.25, 0.3) is 6.08 Å². The quantitative estimate of drug-likeness (QED) is 0.255. The van der Waals surface area contributed by atoms with E-state index in [9.17, 15) is 19.2 Å². The van der Waals surface area contributed by atoms with Crippen molar-refractivity contribution in [2.24, 2.45) is 0 Å². The number of carbonyl (C=O) groups is 4. The molecule has 0 unspecified atom stereocenters. The summed E-state index contributed by atoms with van der Waals surface area (Å²) in [5.41, 5.74) is 2.71. The highest BCUT2D eigenvalue weighted by Gasteiger charge is 2.37. The molecule has 0 radical (unpaired) electrons. The van der Waals surface area contributed by atoms with E-state index in [0.717, 1.165) is 16.0 Å². The molecule has 4 rings (SSSR count). The summed E-state index contributed by atoms with van der Waals surface area (Å²) in [6, 6.07) is 11.8. The molecular formula is C28H22Cl3N3O6. The van der Waals surface area contributed by atoms with Crippen LogP contribution in [0.5, 0.6) is 11.5 Å². The van der Waals surface area contributed by atoms with Crippen LogP contribution >= 0.6 is 34.8 Å². The van der Waals surface area contributed by atoms with Crippen LogP contribution in [0.3, 0.4) is 0 Å². The van der Waals surface area contributed by atoms with Crippen molar-refractivity contribution in [1.29, 1.82) is 0 Å². The highest BCUT2D eigenvalue weighted by atomic mass is 35.5. The summed E-state index contributed by atoms with van der Waals surface area (Å²) in [6.45, 7) is 3.48. The van der Waals surface area contributed by atoms with Gasteiger partial charge >= 0.3 is 6.03 Å². The van der Waals surface area contributed by atoms with Gasteiger partial charge in [0.15, 0.2) is 18.1 Å². The van der Waals surface area contributed by atoms with E-state index in [0.29, 0.717) is 11.3 Å². The van der Waals surface area contributed by atoms with Gasteiger partial charge in [-0.05, 0) is 67.4 Å². The lowest BCUT2D eigenvalue weighted by atomic mass is 10.1. The van der Waals surface area contributed by atoms with E-state index < -0.39 is 23.8 Å². The summed E-state index contributed by atoms with van der Waals surface area (Å²) < 4.78 is 11.0. The second-order valence-corrected chi connectivity index (χ2v) is 9.97. The molecule has 1 saturated heterocycles. The maximum Gasteiger partial charge on any atom is 0.335 e. The van der Waals surface area contributed by atoms with Crippen LogP contribution in [0.1, 0.15) is 16.7 Å². The van der Waals surface area contributed by atoms with Crippen LogP contribution in [0.15, 0.2) is 54.1 Å². The Morgan fingerprint density at radius 1 is 0.975 bits per heavy atom. The van der Waals surface area contributed by atoms with Gasteiger partial charge in [0.1, 0.15) is 5.57 Å². The first-order chi connectivity index (χ1) is 19.0. The zero-order valence-corrected chi connectivity index (χ0v) is 23.7. The summed E-state index contributed by atoms with van der Waals surface area (Å²) in [7, 11) is 1.37. The number of nitrogens with zero attached hydrogens (tertiary/aromatic N) is 1. The number of methoxy groups -OCH3 is 1. The first-order valence-corrected chi connectivity index (χ1v) is 12.9. The first kappa shape index (κ1) is 28.9. The number of nitrogens with one attached hydrogen (secondary N) is 2. The molecule has 0 aromatic heterocycles. The lowest BCUT2D eigenvalue weighted by Gasteiger charge is -2.26.